The van der Waals surface area contributed by atoms with Gasteiger partial charge in [0.05, 0.1) is 6.61 Å². The lowest BCUT2D eigenvalue weighted by Crippen LogP contribution is -2.19. The predicted molar refractivity (Wildman–Crippen MR) is 85.8 cm³/mol. The lowest BCUT2D eigenvalue weighted by molar-refractivity contribution is 0.0528. The van der Waals surface area contributed by atoms with Gasteiger partial charge in [0.1, 0.15) is 10.6 Å². The molecule has 0 atom stereocenters. The number of nitrogen functional groups attached to an aromatic ring is 1. The number of aryl methyl sites for hydroxylation is 1. The molecular formula is C15H19N3O2S. The molecule has 0 fully saturated rings. The highest BCUT2D eigenvalue weighted by molar-refractivity contribution is 7.11. The van der Waals surface area contributed by atoms with Gasteiger partial charge in [-0.3, -0.25) is 0 Å². The fourth-order valence-corrected chi connectivity index (χ4v) is 2.75. The average molecular weight is 305 g/mol. The van der Waals surface area contributed by atoms with Crippen molar-refractivity contribution in [3.8, 4) is 0 Å². The van der Waals surface area contributed by atoms with Gasteiger partial charge in [-0.05, 0) is 30.9 Å². The first-order valence-corrected chi connectivity index (χ1v) is 7.49. The fourth-order valence-electron chi connectivity index (χ4n) is 1.99. The van der Waals surface area contributed by atoms with Crippen LogP contribution in [0.3, 0.4) is 0 Å². The molecule has 1 aromatic carbocycles. The van der Waals surface area contributed by atoms with Crippen molar-refractivity contribution in [3.63, 3.8) is 0 Å². The Hall–Kier alpha value is -2.08. The standard InChI is InChI=1S/C15H19N3O2S/c1-4-20-15(19)12-13(16)17-21-14(12)18(3)9-11-7-5-10(2)6-8-11/h5-8H,4,9H2,1-3H3,(H2,16,17). The van der Waals surface area contributed by atoms with E-state index >= 15 is 0 Å². The molecule has 6 heteroatoms. The molecule has 0 aliphatic carbocycles. The molecule has 21 heavy (non-hydrogen) atoms. The summed E-state index contributed by atoms with van der Waals surface area (Å²) in [6, 6.07) is 8.27. The lowest BCUT2D eigenvalue weighted by Gasteiger charge is -2.18. The minimum absolute atomic E-state index is 0.226. The highest BCUT2D eigenvalue weighted by atomic mass is 32.1. The Labute approximate surface area is 128 Å². The molecule has 0 aliphatic heterocycles. The highest BCUT2D eigenvalue weighted by Gasteiger charge is 2.23. The summed E-state index contributed by atoms with van der Waals surface area (Å²) in [6.07, 6.45) is 0. The summed E-state index contributed by atoms with van der Waals surface area (Å²) in [5.41, 5.74) is 8.53. The van der Waals surface area contributed by atoms with Crippen LogP contribution in [0.4, 0.5) is 10.8 Å². The molecule has 0 saturated heterocycles. The van der Waals surface area contributed by atoms with E-state index in [0.717, 1.165) is 10.6 Å². The van der Waals surface area contributed by atoms with Crippen LogP contribution in [-0.4, -0.2) is 24.0 Å². The Balaban J connectivity index is 2.21. The normalized spacial score (nSPS) is 10.4. The zero-order valence-corrected chi connectivity index (χ0v) is 13.2. The van der Waals surface area contributed by atoms with E-state index in [2.05, 4.69) is 35.6 Å². The van der Waals surface area contributed by atoms with Gasteiger partial charge in [0, 0.05) is 13.6 Å². The van der Waals surface area contributed by atoms with Crippen molar-refractivity contribution in [2.45, 2.75) is 20.4 Å². The van der Waals surface area contributed by atoms with Gasteiger partial charge >= 0.3 is 5.97 Å². The topological polar surface area (TPSA) is 68.5 Å². The molecule has 0 radical (unpaired) electrons. The summed E-state index contributed by atoms with van der Waals surface area (Å²) in [4.78, 5) is 14.0. The SMILES string of the molecule is CCOC(=O)c1c(N)nsc1N(C)Cc1ccc(C)cc1. The molecular weight excluding hydrogens is 286 g/mol. The number of rotatable bonds is 5. The molecule has 0 bridgehead atoms. The number of anilines is 2. The molecule has 0 unspecified atom stereocenters. The van der Waals surface area contributed by atoms with E-state index in [1.54, 1.807) is 6.92 Å². The largest absolute Gasteiger partial charge is 0.462 e. The number of aromatic nitrogens is 1. The van der Waals surface area contributed by atoms with Crippen LogP contribution >= 0.6 is 11.5 Å². The van der Waals surface area contributed by atoms with Crippen LogP contribution in [0.1, 0.15) is 28.4 Å². The second kappa shape index (κ2) is 6.58. The van der Waals surface area contributed by atoms with Crippen LogP contribution in [0.15, 0.2) is 24.3 Å². The highest BCUT2D eigenvalue weighted by Crippen LogP contribution is 2.31. The van der Waals surface area contributed by atoms with Crippen LogP contribution in [-0.2, 0) is 11.3 Å². The molecule has 5 nitrogen and oxygen atoms in total. The first-order chi connectivity index (χ1) is 10.0. The van der Waals surface area contributed by atoms with Gasteiger partial charge in [-0.25, -0.2) is 4.79 Å². The van der Waals surface area contributed by atoms with Crippen LogP contribution in [0, 0.1) is 6.92 Å². The number of carbonyl (C=O) groups excluding carboxylic acids is 1. The Morgan fingerprint density at radius 1 is 1.38 bits per heavy atom. The van der Waals surface area contributed by atoms with Crippen molar-refractivity contribution in [1.82, 2.24) is 4.37 Å². The number of ether oxygens (including phenoxy) is 1. The zero-order valence-electron chi connectivity index (χ0n) is 12.4. The third kappa shape index (κ3) is 3.52. The number of esters is 1. The van der Waals surface area contributed by atoms with Gasteiger partial charge in [-0.2, -0.15) is 4.37 Å². The maximum atomic E-state index is 12.0. The van der Waals surface area contributed by atoms with Crippen LogP contribution in [0.25, 0.3) is 0 Å². The Morgan fingerprint density at radius 3 is 2.67 bits per heavy atom. The van der Waals surface area contributed by atoms with Crippen LogP contribution < -0.4 is 10.6 Å². The third-order valence-corrected chi connectivity index (χ3v) is 4.04. The van der Waals surface area contributed by atoms with Crippen molar-refractivity contribution in [2.75, 3.05) is 24.3 Å². The van der Waals surface area contributed by atoms with Crippen molar-refractivity contribution in [3.05, 3.63) is 41.0 Å². The molecule has 0 saturated carbocycles. The summed E-state index contributed by atoms with van der Waals surface area (Å²) < 4.78 is 9.12. The van der Waals surface area contributed by atoms with Gasteiger partial charge in [0.25, 0.3) is 0 Å². The molecule has 2 N–H and O–H groups in total. The van der Waals surface area contributed by atoms with Crippen molar-refractivity contribution in [2.24, 2.45) is 0 Å². The van der Waals surface area contributed by atoms with E-state index in [0.29, 0.717) is 18.7 Å². The van der Waals surface area contributed by atoms with Gasteiger partial charge in [0.2, 0.25) is 0 Å². The maximum Gasteiger partial charge on any atom is 0.345 e. The molecule has 2 aromatic rings. The lowest BCUT2D eigenvalue weighted by atomic mass is 10.1. The average Bonchev–Trinajstić information content (AvgIpc) is 2.83. The van der Waals surface area contributed by atoms with Crippen LogP contribution in [0.5, 0.6) is 0 Å². The summed E-state index contributed by atoms with van der Waals surface area (Å²) in [5, 5.41) is 0.728. The van der Waals surface area contributed by atoms with E-state index in [4.69, 9.17) is 10.5 Å². The van der Waals surface area contributed by atoms with Gasteiger partial charge < -0.3 is 15.4 Å². The summed E-state index contributed by atoms with van der Waals surface area (Å²) >= 11 is 1.21. The molecule has 2 rings (SSSR count). The van der Waals surface area contributed by atoms with Gasteiger partial charge in [-0.1, -0.05) is 29.8 Å². The smallest absolute Gasteiger partial charge is 0.345 e. The number of hydrogen-bond donors (Lipinski definition) is 1. The molecule has 112 valence electrons. The first-order valence-electron chi connectivity index (χ1n) is 6.71. The molecule has 1 aromatic heterocycles. The minimum Gasteiger partial charge on any atom is -0.462 e. The monoisotopic (exact) mass is 305 g/mol. The second-order valence-electron chi connectivity index (χ2n) is 4.81. The quantitative estimate of drug-likeness (QED) is 0.860. The third-order valence-electron chi connectivity index (χ3n) is 3.07. The number of benzene rings is 1. The van der Waals surface area contributed by atoms with E-state index in [1.807, 2.05) is 11.9 Å². The first kappa shape index (κ1) is 15.3. The Kier molecular flexibility index (Phi) is 4.80. The zero-order chi connectivity index (χ0) is 15.4. The Bertz CT molecular complexity index is 622. The summed E-state index contributed by atoms with van der Waals surface area (Å²) in [7, 11) is 1.91. The summed E-state index contributed by atoms with van der Waals surface area (Å²) in [6.45, 7) is 4.81. The minimum atomic E-state index is -0.422. The van der Waals surface area contributed by atoms with Crippen molar-refractivity contribution in [1.29, 1.82) is 0 Å². The van der Waals surface area contributed by atoms with E-state index in [-0.39, 0.29) is 5.82 Å². The van der Waals surface area contributed by atoms with Gasteiger partial charge in [-0.15, -0.1) is 0 Å². The predicted octanol–water partition coefficient (Wildman–Crippen LogP) is 2.85. The maximum absolute atomic E-state index is 12.0. The number of hydrogen-bond acceptors (Lipinski definition) is 6. The second-order valence-corrected chi connectivity index (χ2v) is 5.56. The summed E-state index contributed by atoms with van der Waals surface area (Å²) in [5.74, 6) is -0.196. The van der Waals surface area contributed by atoms with Crippen molar-refractivity contribution < 1.29 is 9.53 Å². The van der Waals surface area contributed by atoms with Crippen molar-refractivity contribution >= 4 is 28.3 Å². The number of nitrogens with two attached hydrogens (primary N) is 1. The number of nitrogens with zero attached hydrogens (tertiary/aromatic N) is 2. The van der Waals surface area contributed by atoms with Gasteiger partial charge in [0.15, 0.2) is 5.82 Å². The molecule has 1 heterocycles. The van der Waals surface area contributed by atoms with E-state index in [1.165, 1.54) is 17.1 Å². The molecule has 0 amide bonds. The van der Waals surface area contributed by atoms with E-state index in [9.17, 15) is 4.79 Å². The molecule has 0 aliphatic rings. The number of carbonyl (C=O) groups is 1. The molecule has 0 spiro atoms. The Morgan fingerprint density at radius 2 is 2.05 bits per heavy atom. The fraction of sp³-hybridized carbons (Fsp3) is 0.333. The van der Waals surface area contributed by atoms with E-state index < -0.39 is 5.97 Å². The van der Waals surface area contributed by atoms with Crippen LogP contribution in [0.2, 0.25) is 0 Å².